The van der Waals surface area contributed by atoms with Gasteiger partial charge in [0.15, 0.2) is 0 Å². The summed E-state index contributed by atoms with van der Waals surface area (Å²) in [6.07, 6.45) is 1.86. The van der Waals surface area contributed by atoms with Crippen LogP contribution in [0.2, 0.25) is 0 Å². The van der Waals surface area contributed by atoms with Gasteiger partial charge in [-0.05, 0) is 13.0 Å². The average molecular weight is 256 g/mol. The predicted octanol–water partition coefficient (Wildman–Crippen LogP) is 1.11. The normalized spacial score (nSPS) is 36.3. The number of nitrogens with one attached hydrogen (secondary N) is 1. The molecular weight excluding hydrogens is 228 g/mol. The van der Waals surface area contributed by atoms with Crippen molar-refractivity contribution >= 4 is 0 Å². The molecule has 1 saturated carbocycles. The lowest BCUT2D eigenvalue weighted by atomic mass is 9.64. The quantitative estimate of drug-likeness (QED) is 0.799. The van der Waals surface area contributed by atoms with Crippen LogP contribution in [0.1, 0.15) is 27.2 Å². The molecule has 1 saturated heterocycles. The van der Waals surface area contributed by atoms with Crippen molar-refractivity contribution in [2.75, 3.05) is 39.9 Å². The van der Waals surface area contributed by atoms with Crippen LogP contribution in [0.5, 0.6) is 0 Å². The second-order valence-electron chi connectivity index (χ2n) is 6.13. The fraction of sp³-hybridized carbons (Fsp3) is 1.00. The van der Waals surface area contributed by atoms with Gasteiger partial charge >= 0.3 is 0 Å². The van der Waals surface area contributed by atoms with Crippen molar-refractivity contribution in [2.45, 2.75) is 45.4 Å². The van der Waals surface area contributed by atoms with E-state index in [9.17, 15) is 0 Å². The Balaban J connectivity index is 1.72. The molecule has 0 aromatic carbocycles. The Bertz CT molecular complexity index is 271. The van der Waals surface area contributed by atoms with Crippen LogP contribution < -0.4 is 5.32 Å². The molecule has 0 aromatic heterocycles. The van der Waals surface area contributed by atoms with Crippen molar-refractivity contribution in [1.82, 2.24) is 10.2 Å². The summed E-state index contributed by atoms with van der Waals surface area (Å²) in [6.45, 7) is 11.9. The second kappa shape index (κ2) is 5.87. The first-order valence-corrected chi connectivity index (χ1v) is 7.18. The third-order valence-electron chi connectivity index (χ3n) is 4.72. The largest absolute Gasteiger partial charge is 0.381 e. The SMILES string of the molecule is CCN1CCOC(CNC2CC(OC)C2(C)C)C1. The van der Waals surface area contributed by atoms with Gasteiger partial charge in [0.25, 0.3) is 0 Å². The molecule has 18 heavy (non-hydrogen) atoms. The molecule has 1 aliphatic carbocycles. The molecule has 0 spiro atoms. The number of nitrogens with zero attached hydrogens (tertiary/aromatic N) is 1. The number of rotatable bonds is 5. The van der Waals surface area contributed by atoms with Gasteiger partial charge in [0.05, 0.1) is 18.8 Å². The maximum Gasteiger partial charge on any atom is 0.0826 e. The van der Waals surface area contributed by atoms with Crippen molar-refractivity contribution in [1.29, 1.82) is 0 Å². The van der Waals surface area contributed by atoms with Crippen molar-refractivity contribution in [2.24, 2.45) is 5.41 Å². The molecule has 2 rings (SSSR count). The van der Waals surface area contributed by atoms with Gasteiger partial charge in [-0.1, -0.05) is 20.8 Å². The third-order valence-corrected chi connectivity index (χ3v) is 4.72. The van der Waals surface area contributed by atoms with E-state index in [0.717, 1.165) is 39.2 Å². The summed E-state index contributed by atoms with van der Waals surface area (Å²) >= 11 is 0. The van der Waals surface area contributed by atoms with Crippen LogP contribution in [0, 0.1) is 5.41 Å². The highest BCUT2D eigenvalue weighted by Crippen LogP contribution is 2.42. The van der Waals surface area contributed by atoms with E-state index in [-0.39, 0.29) is 5.41 Å². The number of morpholine rings is 1. The van der Waals surface area contributed by atoms with Crippen LogP contribution >= 0.6 is 0 Å². The summed E-state index contributed by atoms with van der Waals surface area (Å²) in [6, 6.07) is 0.558. The molecule has 0 aromatic rings. The Morgan fingerprint density at radius 3 is 2.83 bits per heavy atom. The zero-order valence-corrected chi connectivity index (χ0v) is 12.2. The van der Waals surface area contributed by atoms with Gasteiger partial charge in [-0.2, -0.15) is 0 Å². The minimum atomic E-state index is 0.244. The standard InChI is InChI=1S/C14H28N2O2/c1-5-16-6-7-18-11(10-16)9-15-12-8-13(17-4)14(12,2)3/h11-13,15H,5-10H2,1-4H3. The van der Waals surface area contributed by atoms with Crippen LogP contribution in [0.3, 0.4) is 0 Å². The first-order chi connectivity index (χ1) is 8.57. The van der Waals surface area contributed by atoms with E-state index in [4.69, 9.17) is 9.47 Å². The Morgan fingerprint density at radius 2 is 2.22 bits per heavy atom. The Hall–Kier alpha value is -0.160. The van der Waals surface area contributed by atoms with Gasteiger partial charge in [0.1, 0.15) is 0 Å². The molecular formula is C14H28N2O2. The second-order valence-corrected chi connectivity index (χ2v) is 6.13. The predicted molar refractivity (Wildman–Crippen MR) is 72.8 cm³/mol. The maximum absolute atomic E-state index is 5.81. The minimum absolute atomic E-state index is 0.244. The zero-order chi connectivity index (χ0) is 13.2. The lowest BCUT2D eigenvalue weighted by Gasteiger charge is -2.52. The summed E-state index contributed by atoms with van der Waals surface area (Å²) in [5, 5.41) is 3.66. The third kappa shape index (κ3) is 2.87. The van der Waals surface area contributed by atoms with E-state index in [1.807, 2.05) is 7.11 Å². The van der Waals surface area contributed by atoms with E-state index in [0.29, 0.717) is 18.2 Å². The molecule has 0 bridgehead atoms. The van der Waals surface area contributed by atoms with Gasteiger partial charge in [0, 0.05) is 38.2 Å². The summed E-state index contributed by atoms with van der Waals surface area (Å²) in [4.78, 5) is 2.46. The molecule has 1 aliphatic heterocycles. The molecule has 2 fully saturated rings. The fourth-order valence-electron chi connectivity index (χ4n) is 3.10. The molecule has 3 unspecified atom stereocenters. The highest BCUT2D eigenvalue weighted by atomic mass is 16.5. The topological polar surface area (TPSA) is 33.7 Å². The highest BCUT2D eigenvalue weighted by Gasteiger charge is 2.48. The van der Waals surface area contributed by atoms with Gasteiger partial charge in [-0.15, -0.1) is 0 Å². The van der Waals surface area contributed by atoms with Gasteiger partial charge in [-0.3, -0.25) is 4.90 Å². The molecule has 0 amide bonds. The van der Waals surface area contributed by atoms with Crippen LogP contribution in [-0.2, 0) is 9.47 Å². The lowest BCUT2D eigenvalue weighted by Crippen LogP contribution is -2.62. The lowest BCUT2D eigenvalue weighted by molar-refractivity contribution is -0.103. The first-order valence-electron chi connectivity index (χ1n) is 7.18. The van der Waals surface area contributed by atoms with E-state index >= 15 is 0 Å². The van der Waals surface area contributed by atoms with Crippen LogP contribution in [-0.4, -0.2) is 63.0 Å². The van der Waals surface area contributed by atoms with E-state index in [2.05, 4.69) is 31.0 Å². The summed E-state index contributed by atoms with van der Waals surface area (Å²) in [5.74, 6) is 0. The monoisotopic (exact) mass is 256 g/mol. The molecule has 1 heterocycles. The smallest absolute Gasteiger partial charge is 0.0826 e. The van der Waals surface area contributed by atoms with Gasteiger partial charge in [-0.25, -0.2) is 0 Å². The minimum Gasteiger partial charge on any atom is -0.381 e. The van der Waals surface area contributed by atoms with Gasteiger partial charge < -0.3 is 14.8 Å². The Labute approximate surface area is 111 Å². The summed E-state index contributed by atoms with van der Waals surface area (Å²) < 4.78 is 11.3. The Kier molecular flexibility index (Phi) is 4.64. The Morgan fingerprint density at radius 1 is 1.44 bits per heavy atom. The van der Waals surface area contributed by atoms with Crippen molar-refractivity contribution < 1.29 is 9.47 Å². The molecule has 4 nitrogen and oxygen atoms in total. The van der Waals surface area contributed by atoms with E-state index in [1.54, 1.807) is 0 Å². The number of likely N-dealkylation sites (N-methyl/N-ethyl adjacent to an activating group) is 1. The zero-order valence-electron chi connectivity index (χ0n) is 12.2. The fourth-order valence-corrected chi connectivity index (χ4v) is 3.10. The number of ether oxygens (including phenoxy) is 2. The summed E-state index contributed by atoms with van der Waals surface area (Å²) in [7, 11) is 1.81. The molecule has 4 heteroatoms. The molecule has 0 radical (unpaired) electrons. The van der Waals surface area contributed by atoms with E-state index in [1.165, 1.54) is 0 Å². The molecule has 2 aliphatic rings. The maximum atomic E-state index is 5.81. The van der Waals surface area contributed by atoms with Crippen LogP contribution in [0.4, 0.5) is 0 Å². The molecule has 106 valence electrons. The van der Waals surface area contributed by atoms with Crippen LogP contribution in [0.25, 0.3) is 0 Å². The first kappa shape index (κ1) is 14.3. The average Bonchev–Trinajstić information content (AvgIpc) is 2.38. The van der Waals surface area contributed by atoms with E-state index < -0.39 is 0 Å². The van der Waals surface area contributed by atoms with Crippen LogP contribution in [0.15, 0.2) is 0 Å². The van der Waals surface area contributed by atoms with Gasteiger partial charge in [0.2, 0.25) is 0 Å². The molecule has 1 N–H and O–H groups in total. The van der Waals surface area contributed by atoms with Crippen molar-refractivity contribution in [3.05, 3.63) is 0 Å². The summed E-state index contributed by atoms with van der Waals surface area (Å²) in [5.41, 5.74) is 0.244. The molecule has 3 atom stereocenters. The highest BCUT2D eigenvalue weighted by molar-refractivity contribution is 5.02. The van der Waals surface area contributed by atoms with Crippen molar-refractivity contribution in [3.8, 4) is 0 Å². The number of hydrogen-bond acceptors (Lipinski definition) is 4. The number of hydrogen-bond donors (Lipinski definition) is 1. The van der Waals surface area contributed by atoms with Crippen molar-refractivity contribution in [3.63, 3.8) is 0 Å². The number of methoxy groups -OCH3 is 1.